The molecule has 1 aliphatic carbocycles. The maximum atomic E-state index is 13.7. The van der Waals surface area contributed by atoms with Crippen molar-refractivity contribution in [2.24, 2.45) is 0 Å². The summed E-state index contributed by atoms with van der Waals surface area (Å²) in [5.41, 5.74) is 2.67. The van der Waals surface area contributed by atoms with Gasteiger partial charge >= 0.3 is 0 Å². The summed E-state index contributed by atoms with van der Waals surface area (Å²) in [6.07, 6.45) is 3.40. The van der Waals surface area contributed by atoms with Gasteiger partial charge in [0.25, 0.3) is 0 Å². The molecule has 0 spiro atoms. The van der Waals surface area contributed by atoms with Crippen molar-refractivity contribution < 1.29 is 8.78 Å². The van der Waals surface area contributed by atoms with E-state index in [0.717, 1.165) is 5.69 Å². The second-order valence-corrected chi connectivity index (χ2v) is 6.08. The molecule has 114 valence electrons. The molecule has 1 aromatic carbocycles. The fourth-order valence-corrected chi connectivity index (χ4v) is 2.85. The Morgan fingerprint density at radius 2 is 2.05 bits per heavy atom. The molecule has 0 amide bonds. The molecule has 22 heavy (non-hydrogen) atoms. The molecule has 1 heterocycles. The molecule has 0 bridgehead atoms. The zero-order valence-corrected chi connectivity index (χ0v) is 13.2. The third kappa shape index (κ3) is 2.94. The van der Waals surface area contributed by atoms with Crippen LogP contribution < -0.4 is 0 Å². The fraction of sp³-hybridized carbons (Fsp3) is 0.188. The van der Waals surface area contributed by atoms with Crippen LogP contribution in [0.1, 0.15) is 17.8 Å². The summed E-state index contributed by atoms with van der Waals surface area (Å²) in [6, 6.07) is 6.14. The predicted molar refractivity (Wildman–Crippen MR) is 84.7 cm³/mol. The molecule has 0 radical (unpaired) electrons. The average Bonchev–Trinajstić information content (AvgIpc) is 2.83. The first-order valence-electron chi connectivity index (χ1n) is 6.68. The minimum atomic E-state index is -0.500. The summed E-state index contributed by atoms with van der Waals surface area (Å²) < 4.78 is 28.6. The normalized spacial score (nSPS) is 18.1. The quantitative estimate of drug-likeness (QED) is 0.685. The number of benzene rings is 1. The molecule has 6 heteroatoms. The van der Waals surface area contributed by atoms with E-state index in [0.29, 0.717) is 17.0 Å². The number of allylic oxidation sites excluding steroid dienone is 4. The summed E-state index contributed by atoms with van der Waals surface area (Å²) in [5, 5.41) is 3.98. The van der Waals surface area contributed by atoms with Crippen molar-refractivity contribution in [3.8, 4) is 5.69 Å². The van der Waals surface area contributed by atoms with Gasteiger partial charge in [0.15, 0.2) is 0 Å². The summed E-state index contributed by atoms with van der Waals surface area (Å²) >= 11 is 11.9. The molecular weight excluding hydrogens is 329 g/mol. The van der Waals surface area contributed by atoms with E-state index in [1.54, 1.807) is 16.8 Å². The average molecular weight is 341 g/mol. The second-order valence-electron chi connectivity index (χ2n) is 5.11. The first-order valence-corrected chi connectivity index (χ1v) is 7.50. The van der Waals surface area contributed by atoms with Gasteiger partial charge < -0.3 is 0 Å². The highest BCUT2D eigenvalue weighted by molar-refractivity contribution is 6.30. The second kappa shape index (κ2) is 5.86. The molecule has 0 fully saturated rings. The Balaban J connectivity index is 2.13. The van der Waals surface area contributed by atoms with E-state index in [2.05, 4.69) is 5.10 Å². The van der Waals surface area contributed by atoms with Gasteiger partial charge in [-0.3, -0.25) is 0 Å². The number of hydrogen-bond acceptors (Lipinski definition) is 1. The van der Waals surface area contributed by atoms with Crippen LogP contribution in [0.15, 0.2) is 42.2 Å². The molecule has 0 N–H and O–H groups in total. The van der Waals surface area contributed by atoms with Crippen molar-refractivity contribution in [3.05, 3.63) is 64.5 Å². The molecule has 0 saturated heterocycles. The van der Waals surface area contributed by atoms with Gasteiger partial charge in [0.05, 0.1) is 27.5 Å². The monoisotopic (exact) mass is 340 g/mol. The number of rotatable bonds is 2. The SMILES string of the molecule is Cc1cc(C2=CC(Cl)CC(F)=C2)n(-c2ccc(F)c(Cl)c2)n1. The highest BCUT2D eigenvalue weighted by atomic mass is 35.5. The molecule has 1 atom stereocenters. The number of aryl methyl sites for hydroxylation is 1. The Morgan fingerprint density at radius 3 is 2.73 bits per heavy atom. The molecule has 0 aliphatic heterocycles. The lowest BCUT2D eigenvalue weighted by Crippen LogP contribution is -2.06. The van der Waals surface area contributed by atoms with Crippen LogP contribution in [-0.4, -0.2) is 15.2 Å². The fourth-order valence-electron chi connectivity index (χ4n) is 2.39. The summed E-state index contributed by atoms with van der Waals surface area (Å²) in [4.78, 5) is 0. The Hall–Kier alpha value is -1.65. The van der Waals surface area contributed by atoms with E-state index in [4.69, 9.17) is 23.2 Å². The van der Waals surface area contributed by atoms with Crippen LogP contribution in [0.25, 0.3) is 11.3 Å². The van der Waals surface area contributed by atoms with E-state index in [-0.39, 0.29) is 17.3 Å². The van der Waals surface area contributed by atoms with E-state index < -0.39 is 11.2 Å². The molecular formula is C16H12Cl2F2N2. The highest BCUT2D eigenvalue weighted by Gasteiger charge is 2.18. The molecule has 1 unspecified atom stereocenters. The lowest BCUT2D eigenvalue weighted by atomic mass is 10.0. The largest absolute Gasteiger partial charge is 0.233 e. The molecule has 1 aliphatic rings. The number of alkyl halides is 1. The Kier molecular flexibility index (Phi) is 4.06. The van der Waals surface area contributed by atoms with Crippen LogP contribution >= 0.6 is 23.2 Å². The van der Waals surface area contributed by atoms with Crippen molar-refractivity contribution in [1.29, 1.82) is 0 Å². The van der Waals surface area contributed by atoms with E-state index in [9.17, 15) is 8.78 Å². The van der Waals surface area contributed by atoms with Crippen LogP contribution in [0.2, 0.25) is 5.02 Å². The lowest BCUT2D eigenvalue weighted by molar-refractivity contribution is 0.590. The third-order valence-corrected chi connectivity index (χ3v) is 3.91. The zero-order chi connectivity index (χ0) is 15.9. The summed E-state index contributed by atoms with van der Waals surface area (Å²) in [5.74, 6) is -0.778. The smallest absolute Gasteiger partial charge is 0.141 e. The first-order chi connectivity index (χ1) is 10.4. The highest BCUT2D eigenvalue weighted by Crippen LogP contribution is 2.31. The van der Waals surface area contributed by atoms with Gasteiger partial charge in [-0.25, -0.2) is 13.5 Å². The Labute approximate surface area is 136 Å². The summed E-state index contributed by atoms with van der Waals surface area (Å²) in [7, 11) is 0. The lowest BCUT2D eigenvalue weighted by Gasteiger charge is -2.14. The van der Waals surface area contributed by atoms with Crippen LogP contribution in [0.5, 0.6) is 0 Å². The van der Waals surface area contributed by atoms with Gasteiger partial charge in [0, 0.05) is 12.0 Å². The molecule has 3 rings (SSSR count). The van der Waals surface area contributed by atoms with Crippen LogP contribution in [0.4, 0.5) is 8.78 Å². The van der Waals surface area contributed by atoms with Crippen molar-refractivity contribution >= 4 is 28.8 Å². The number of aromatic nitrogens is 2. The van der Waals surface area contributed by atoms with Crippen LogP contribution in [0.3, 0.4) is 0 Å². The van der Waals surface area contributed by atoms with Crippen molar-refractivity contribution in [2.45, 2.75) is 18.7 Å². The van der Waals surface area contributed by atoms with Crippen LogP contribution in [-0.2, 0) is 0 Å². The number of hydrogen-bond donors (Lipinski definition) is 0. The molecule has 2 nitrogen and oxygen atoms in total. The van der Waals surface area contributed by atoms with Gasteiger partial charge in [0.2, 0.25) is 0 Å². The van der Waals surface area contributed by atoms with Crippen molar-refractivity contribution in [2.75, 3.05) is 0 Å². The number of halogens is 4. The van der Waals surface area contributed by atoms with E-state index >= 15 is 0 Å². The van der Waals surface area contributed by atoms with Crippen molar-refractivity contribution in [3.63, 3.8) is 0 Å². The zero-order valence-electron chi connectivity index (χ0n) is 11.7. The van der Waals surface area contributed by atoms with E-state index in [1.165, 1.54) is 18.2 Å². The standard InChI is InChI=1S/C16H12Cl2F2N2/c1-9-4-16(10-5-11(17)7-12(19)6-10)22(21-9)13-2-3-15(20)14(18)8-13/h2-6,8,11H,7H2,1H3. The van der Waals surface area contributed by atoms with Gasteiger partial charge in [-0.05, 0) is 37.3 Å². The summed E-state index contributed by atoms with van der Waals surface area (Å²) in [6.45, 7) is 1.83. The van der Waals surface area contributed by atoms with Crippen molar-refractivity contribution in [1.82, 2.24) is 9.78 Å². The van der Waals surface area contributed by atoms with Gasteiger partial charge in [0.1, 0.15) is 11.6 Å². The molecule has 0 saturated carbocycles. The first kappa shape index (κ1) is 15.3. The topological polar surface area (TPSA) is 17.8 Å². The van der Waals surface area contributed by atoms with Crippen LogP contribution in [0, 0.1) is 12.7 Å². The van der Waals surface area contributed by atoms with Gasteiger partial charge in [-0.1, -0.05) is 17.7 Å². The Bertz CT molecular complexity index is 793. The van der Waals surface area contributed by atoms with E-state index in [1.807, 2.05) is 13.0 Å². The molecule has 1 aromatic heterocycles. The maximum absolute atomic E-state index is 13.7. The predicted octanol–water partition coefficient (Wildman–Crippen LogP) is 5.22. The Morgan fingerprint density at radius 1 is 1.27 bits per heavy atom. The maximum Gasteiger partial charge on any atom is 0.141 e. The minimum Gasteiger partial charge on any atom is -0.233 e. The number of nitrogens with zero attached hydrogens (tertiary/aromatic N) is 2. The van der Waals surface area contributed by atoms with Gasteiger partial charge in [-0.2, -0.15) is 5.10 Å². The minimum absolute atomic E-state index is 0.00571. The third-order valence-electron chi connectivity index (χ3n) is 3.34. The molecule has 2 aromatic rings. The van der Waals surface area contributed by atoms with Gasteiger partial charge in [-0.15, -0.1) is 11.6 Å².